The van der Waals surface area contributed by atoms with Gasteiger partial charge in [-0.15, -0.1) is 0 Å². The molecule has 0 heterocycles. The highest BCUT2D eigenvalue weighted by atomic mass is 79.9. The van der Waals surface area contributed by atoms with Crippen molar-refractivity contribution in [2.45, 2.75) is 19.3 Å². The van der Waals surface area contributed by atoms with Crippen LogP contribution in [-0.4, -0.2) is 11.1 Å². The third-order valence-electron chi connectivity index (χ3n) is 3.18. The lowest BCUT2D eigenvalue weighted by Crippen LogP contribution is -2.15. The van der Waals surface area contributed by atoms with Gasteiger partial charge in [0.25, 0.3) is 0 Å². The molecule has 1 N–H and O–H groups in total. The van der Waals surface area contributed by atoms with Crippen LogP contribution in [0.3, 0.4) is 0 Å². The van der Waals surface area contributed by atoms with Crippen LogP contribution in [0.2, 0.25) is 0 Å². The van der Waals surface area contributed by atoms with Crippen LogP contribution >= 0.6 is 15.9 Å². The summed E-state index contributed by atoms with van der Waals surface area (Å²) in [4.78, 5) is 11.5. The van der Waals surface area contributed by atoms with E-state index in [0.717, 1.165) is 5.56 Å². The molecule has 0 aliphatic rings. The molecule has 1 atom stereocenters. The van der Waals surface area contributed by atoms with Crippen molar-refractivity contribution < 1.29 is 14.3 Å². The summed E-state index contributed by atoms with van der Waals surface area (Å²) in [5, 5.41) is 9.39. The quantitative estimate of drug-likeness (QED) is 0.903. The Balaban J connectivity index is 2.33. The highest BCUT2D eigenvalue weighted by molar-refractivity contribution is 9.10. The molecule has 0 aromatic heterocycles. The lowest BCUT2D eigenvalue weighted by molar-refractivity contribution is -0.138. The van der Waals surface area contributed by atoms with E-state index in [4.69, 9.17) is 0 Å². The Bertz CT molecular complexity index is 640. The number of rotatable bonds is 4. The van der Waals surface area contributed by atoms with E-state index in [9.17, 15) is 14.3 Å². The number of aliphatic carboxylic acids is 1. The van der Waals surface area contributed by atoms with E-state index in [1.54, 1.807) is 18.2 Å². The van der Waals surface area contributed by atoms with Gasteiger partial charge in [-0.25, -0.2) is 4.39 Å². The van der Waals surface area contributed by atoms with Crippen LogP contribution in [0.25, 0.3) is 0 Å². The van der Waals surface area contributed by atoms with E-state index in [2.05, 4.69) is 15.9 Å². The highest BCUT2D eigenvalue weighted by Gasteiger charge is 2.22. The van der Waals surface area contributed by atoms with E-state index < -0.39 is 17.7 Å². The average molecular weight is 337 g/mol. The van der Waals surface area contributed by atoms with E-state index >= 15 is 0 Å². The number of carbonyl (C=O) groups is 1. The molecule has 0 saturated heterocycles. The molecule has 0 fully saturated rings. The molecule has 2 aromatic carbocycles. The minimum atomic E-state index is -0.946. The fourth-order valence-corrected chi connectivity index (χ4v) is 2.47. The molecule has 0 amide bonds. The van der Waals surface area contributed by atoms with Gasteiger partial charge >= 0.3 is 5.97 Å². The molecule has 0 aliphatic heterocycles. The van der Waals surface area contributed by atoms with Crippen molar-refractivity contribution >= 4 is 21.9 Å². The molecule has 2 aromatic rings. The predicted molar refractivity (Wildman–Crippen MR) is 79.4 cm³/mol. The first kappa shape index (κ1) is 14.7. The van der Waals surface area contributed by atoms with Crippen molar-refractivity contribution in [3.05, 3.63) is 69.4 Å². The number of halogens is 2. The molecule has 0 saturated carbocycles. The minimum absolute atomic E-state index is 0.137. The van der Waals surface area contributed by atoms with Gasteiger partial charge in [0.05, 0.1) is 5.92 Å². The Hall–Kier alpha value is -1.68. The maximum absolute atomic E-state index is 13.8. The number of benzene rings is 2. The summed E-state index contributed by atoms with van der Waals surface area (Å²) in [7, 11) is 0. The van der Waals surface area contributed by atoms with Crippen LogP contribution in [0.15, 0.2) is 46.9 Å². The monoisotopic (exact) mass is 336 g/mol. The molecule has 0 spiro atoms. The van der Waals surface area contributed by atoms with Gasteiger partial charge in [0, 0.05) is 4.47 Å². The number of carboxylic acid groups (broad SMARTS) is 1. The lowest BCUT2D eigenvalue weighted by atomic mass is 9.91. The van der Waals surface area contributed by atoms with E-state index in [1.165, 1.54) is 6.07 Å². The van der Waals surface area contributed by atoms with Crippen LogP contribution in [0.5, 0.6) is 0 Å². The fourth-order valence-electron chi connectivity index (χ4n) is 2.14. The predicted octanol–water partition coefficient (Wildman–Crippen LogP) is 4.31. The first-order valence-corrected chi connectivity index (χ1v) is 7.00. The zero-order valence-corrected chi connectivity index (χ0v) is 12.5. The lowest BCUT2D eigenvalue weighted by Gasteiger charge is -2.14. The van der Waals surface area contributed by atoms with Crippen molar-refractivity contribution in [3.63, 3.8) is 0 Å². The van der Waals surface area contributed by atoms with Crippen LogP contribution < -0.4 is 0 Å². The Labute approximate surface area is 125 Å². The zero-order chi connectivity index (χ0) is 14.7. The van der Waals surface area contributed by atoms with Crippen molar-refractivity contribution in [1.29, 1.82) is 0 Å². The Morgan fingerprint density at radius 3 is 2.65 bits per heavy atom. The van der Waals surface area contributed by atoms with Gasteiger partial charge in [0.15, 0.2) is 0 Å². The van der Waals surface area contributed by atoms with Gasteiger partial charge in [-0.2, -0.15) is 0 Å². The molecular weight excluding hydrogens is 323 g/mol. The molecule has 2 rings (SSSR count). The van der Waals surface area contributed by atoms with E-state index in [1.807, 2.05) is 25.1 Å². The standard InChI is InChI=1S/C16H14BrFO2/c1-10-3-2-4-11(7-10)14(16(19)20)8-12-5-6-13(17)9-15(12)18/h2-7,9,14H,8H2,1H3,(H,19,20). The molecule has 104 valence electrons. The summed E-state index contributed by atoms with van der Waals surface area (Å²) < 4.78 is 14.5. The highest BCUT2D eigenvalue weighted by Crippen LogP contribution is 2.25. The van der Waals surface area contributed by atoms with Crippen molar-refractivity contribution in [2.75, 3.05) is 0 Å². The van der Waals surface area contributed by atoms with Crippen molar-refractivity contribution in [1.82, 2.24) is 0 Å². The smallest absolute Gasteiger partial charge is 0.311 e. The van der Waals surface area contributed by atoms with Gasteiger partial charge in [-0.05, 0) is 36.6 Å². The first-order chi connectivity index (χ1) is 9.47. The first-order valence-electron chi connectivity index (χ1n) is 6.20. The molecule has 0 radical (unpaired) electrons. The van der Waals surface area contributed by atoms with Gasteiger partial charge in [0.1, 0.15) is 5.82 Å². The number of aryl methyl sites for hydroxylation is 1. The van der Waals surface area contributed by atoms with Gasteiger partial charge < -0.3 is 5.11 Å². The number of carboxylic acids is 1. The normalized spacial score (nSPS) is 12.2. The van der Waals surface area contributed by atoms with Crippen molar-refractivity contribution in [2.24, 2.45) is 0 Å². The summed E-state index contributed by atoms with van der Waals surface area (Å²) in [6, 6.07) is 12.0. The Morgan fingerprint density at radius 2 is 2.05 bits per heavy atom. The molecule has 20 heavy (non-hydrogen) atoms. The summed E-state index contributed by atoms with van der Waals surface area (Å²) in [5.41, 5.74) is 2.09. The minimum Gasteiger partial charge on any atom is -0.481 e. The maximum Gasteiger partial charge on any atom is 0.311 e. The molecular formula is C16H14BrFO2. The summed E-state index contributed by atoms with van der Waals surface area (Å²) in [6.45, 7) is 1.91. The summed E-state index contributed by atoms with van der Waals surface area (Å²) in [5.74, 6) is -2.08. The van der Waals surface area contributed by atoms with Crippen molar-refractivity contribution in [3.8, 4) is 0 Å². The second-order valence-corrected chi connectivity index (χ2v) is 5.66. The SMILES string of the molecule is Cc1cccc(C(Cc2ccc(Br)cc2F)C(=O)O)c1. The number of hydrogen-bond donors (Lipinski definition) is 1. The Kier molecular flexibility index (Phi) is 4.55. The third-order valence-corrected chi connectivity index (χ3v) is 3.67. The molecule has 1 unspecified atom stereocenters. The zero-order valence-electron chi connectivity index (χ0n) is 10.9. The fraction of sp³-hybridized carbons (Fsp3) is 0.188. The molecule has 0 aliphatic carbocycles. The second kappa shape index (κ2) is 6.18. The third kappa shape index (κ3) is 3.45. The molecule has 0 bridgehead atoms. The van der Waals surface area contributed by atoms with Crippen LogP contribution in [0, 0.1) is 12.7 Å². The Morgan fingerprint density at radius 1 is 1.30 bits per heavy atom. The molecule has 4 heteroatoms. The second-order valence-electron chi connectivity index (χ2n) is 4.74. The van der Waals surface area contributed by atoms with Crippen LogP contribution in [0.1, 0.15) is 22.6 Å². The summed E-state index contributed by atoms with van der Waals surface area (Å²) in [6.07, 6.45) is 0.137. The van der Waals surface area contributed by atoms with Gasteiger partial charge in [0.2, 0.25) is 0 Å². The van der Waals surface area contributed by atoms with E-state index in [0.29, 0.717) is 15.6 Å². The van der Waals surface area contributed by atoms with Crippen LogP contribution in [0.4, 0.5) is 4.39 Å². The topological polar surface area (TPSA) is 37.3 Å². The van der Waals surface area contributed by atoms with Gasteiger partial charge in [-0.1, -0.05) is 51.8 Å². The van der Waals surface area contributed by atoms with Gasteiger partial charge in [-0.3, -0.25) is 4.79 Å². The summed E-state index contributed by atoms with van der Waals surface area (Å²) >= 11 is 3.19. The van der Waals surface area contributed by atoms with Crippen LogP contribution in [-0.2, 0) is 11.2 Å². The molecule has 2 nitrogen and oxygen atoms in total. The average Bonchev–Trinajstić information content (AvgIpc) is 2.37. The largest absolute Gasteiger partial charge is 0.481 e. The maximum atomic E-state index is 13.8. The van der Waals surface area contributed by atoms with E-state index in [-0.39, 0.29) is 6.42 Å². The number of hydrogen-bond acceptors (Lipinski definition) is 1.